The van der Waals surface area contributed by atoms with Gasteiger partial charge in [0, 0.05) is 16.5 Å². The lowest BCUT2D eigenvalue weighted by molar-refractivity contribution is 0.479. The summed E-state index contributed by atoms with van der Waals surface area (Å²) in [6.07, 6.45) is 2.38. The zero-order valence-corrected chi connectivity index (χ0v) is 12.6. The molecule has 1 atom stereocenters. The molecule has 1 aliphatic rings. The van der Waals surface area contributed by atoms with Crippen molar-refractivity contribution in [2.45, 2.75) is 38.9 Å². The summed E-state index contributed by atoms with van der Waals surface area (Å²) >= 11 is 1.79. The highest BCUT2D eigenvalue weighted by Crippen LogP contribution is 2.32. The van der Waals surface area contributed by atoms with Crippen LogP contribution in [0.5, 0.6) is 0 Å². The Morgan fingerprint density at radius 2 is 2.16 bits per heavy atom. The van der Waals surface area contributed by atoms with Crippen molar-refractivity contribution in [3.8, 4) is 0 Å². The van der Waals surface area contributed by atoms with Gasteiger partial charge in [0.1, 0.15) is 5.82 Å². The molecule has 0 saturated carbocycles. The minimum Gasteiger partial charge on any atom is -0.335 e. The van der Waals surface area contributed by atoms with Gasteiger partial charge in [0.25, 0.3) is 0 Å². The molecule has 0 aliphatic carbocycles. The topological polar surface area (TPSA) is 24.4 Å². The Bertz CT molecular complexity index is 469. The smallest absolute Gasteiger partial charge is 0.161 e. The highest BCUT2D eigenvalue weighted by atomic mass is 32.2. The minimum atomic E-state index is -0.176. The third kappa shape index (κ3) is 3.30. The lowest BCUT2D eigenvalue weighted by Gasteiger charge is -2.18. The van der Waals surface area contributed by atoms with E-state index in [1.54, 1.807) is 24.8 Å². The molecule has 1 heterocycles. The van der Waals surface area contributed by atoms with Crippen LogP contribution in [0.3, 0.4) is 0 Å². The molecule has 2 rings (SSSR count). The average Bonchev–Trinajstić information content (AvgIpc) is 2.85. The second-order valence-electron chi connectivity index (χ2n) is 4.92. The van der Waals surface area contributed by atoms with Crippen LogP contribution in [-0.4, -0.2) is 17.0 Å². The van der Waals surface area contributed by atoms with Crippen LogP contribution < -0.4 is 5.32 Å². The molecule has 2 nitrogen and oxygen atoms in total. The number of anilines is 1. The first-order valence-electron chi connectivity index (χ1n) is 6.88. The number of aliphatic imine (C=N–C) groups is 1. The molecule has 0 amide bonds. The van der Waals surface area contributed by atoms with E-state index in [-0.39, 0.29) is 5.82 Å². The first-order chi connectivity index (χ1) is 9.15. The van der Waals surface area contributed by atoms with Crippen LogP contribution >= 0.6 is 11.8 Å². The van der Waals surface area contributed by atoms with Gasteiger partial charge in [-0.15, -0.1) is 0 Å². The van der Waals surface area contributed by atoms with E-state index < -0.39 is 0 Å². The molecule has 0 aromatic heterocycles. The Kier molecular flexibility index (Phi) is 4.86. The zero-order valence-electron chi connectivity index (χ0n) is 11.7. The summed E-state index contributed by atoms with van der Waals surface area (Å²) in [6, 6.07) is 5.10. The summed E-state index contributed by atoms with van der Waals surface area (Å²) < 4.78 is 13.5. The second kappa shape index (κ2) is 6.42. The first-order valence-corrected chi connectivity index (χ1v) is 7.76. The van der Waals surface area contributed by atoms with E-state index in [0.29, 0.717) is 16.7 Å². The number of amidine groups is 1. The maximum Gasteiger partial charge on any atom is 0.161 e. The maximum absolute atomic E-state index is 13.5. The number of hydrogen-bond acceptors (Lipinski definition) is 3. The molecule has 1 N–H and O–H groups in total. The monoisotopic (exact) mass is 280 g/mol. The fraction of sp³-hybridized carbons (Fsp3) is 0.533. The fourth-order valence-corrected chi connectivity index (χ4v) is 3.71. The summed E-state index contributed by atoms with van der Waals surface area (Å²) in [7, 11) is 0. The second-order valence-corrected chi connectivity index (χ2v) is 6.14. The molecule has 1 unspecified atom stereocenters. The molecule has 4 heteroatoms. The molecule has 1 aromatic rings. The predicted molar refractivity (Wildman–Crippen MR) is 82.5 cm³/mol. The van der Waals surface area contributed by atoms with E-state index in [4.69, 9.17) is 0 Å². The summed E-state index contributed by atoms with van der Waals surface area (Å²) in [6.45, 7) is 7.12. The molecule has 104 valence electrons. The van der Waals surface area contributed by atoms with Gasteiger partial charge in [0.15, 0.2) is 5.17 Å². The Morgan fingerprint density at radius 1 is 1.42 bits per heavy atom. The van der Waals surface area contributed by atoms with Gasteiger partial charge in [-0.3, -0.25) is 4.99 Å². The third-order valence-electron chi connectivity index (χ3n) is 3.76. The molecule has 1 aromatic carbocycles. The van der Waals surface area contributed by atoms with Gasteiger partial charge in [-0.2, -0.15) is 0 Å². The van der Waals surface area contributed by atoms with Crippen LogP contribution in [0.4, 0.5) is 10.1 Å². The molecular weight excluding hydrogens is 259 g/mol. The summed E-state index contributed by atoms with van der Waals surface area (Å²) in [5.74, 6) is 0.534. The number of thioether (sulfide) groups is 1. The van der Waals surface area contributed by atoms with E-state index >= 15 is 0 Å². The number of benzene rings is 1. The lowest BCUT2D eigenvalue weighted by atomic mass is 9.99. The zero-order chi connectivity index (χ0) is 13.8. The van der Waals surface area contributed by atoms with Crippen LogP contribution in [0.1, 0.15) is 32.3 Å². The van der Waals surface area contributed by atoms with Gasteiger partial charge < -0.3 is 5.32 Å². The van der Waals surface area contributed by atoms with Gasteiger partial charge in [-0.25, -0.2) is 4.39 Å². The van der Waals surface area contributed by atoms with Crippen molar-refractivity contribution in [2.24, 2.45) is 10.9 Å². The highest BCUT2D eigenvalue weighted by molar-refractivity contribution is 8.15. The van der Waals surface area contributed by atoms with Crippen molar-refractivity contribution in [1.29, 1.82) is 0 Å². The van der Waals surface area contributed by atoms with Gasteiger partial charge in [0.2, 0.25) is 0 Å². The van der Waals surface area contributed by atoms with Crippen LogP contribution in [0.15, 0.2) is 23.2 Å². The molecule has 0 bridgehead atoms. The largest absolute Gasteiger partial charge is 0.335 e. The summed E-state index contributed by atoms with van der Waals surface area (Å²) in [4.78, 5) is 4.55. The van der Waals surface area contributed by atoms with Gasteiger partial charge in [-0.05, 0) is 25.0 Å². The van der Waals surface area contributed by atoms with E-state index in [2.05, 4.69) is 24.2 Å². The number of hydrogen-bond donors (Lipinski definition) is 1. The fourth-order valence-electron chi connectivity index (χ4n) is 2.38. The van der Waals surface area contributed by atoms with Crippen LogP contribution in [0.2, 0.25) is 0 Å². The molecule has 19 heavy (non-hydrogen) atoms. The van der Waals surface area contributed by atoms with Gasteiger partial charge >= 0.3 is 0 Å². The van der Waals surface area contributed by atoms with Crippen LogP contribution in [0, 0.1) is 18.7 Å². The van der Waals surface area contributed by atoms with E-state index in [1.165, 1.54) is 18.9 Å². The number of nitrogens with one attached hydrogen (secondary N) is 1. The Hall–Kier alpha value is -1.03. The van der Waals surface area contributed by atoms with E-state index in [0.717, 1.165) is 17.4 Å². The normalized spacial score (nSPS) is 18.8. The SMILES string of the molecule is CCC(CC)C1CN=C(Nc2cccc(F)c2C)S1. The Balaban J connectivity index is 2.00. The van der Waals surface area contributed by atoms with Gasteiger partial charge in [-0.1, -0.05) is 44.5 Å². The van der Waals surface area contributed by atoms with Crippen molar-refractivity contribution < 1.29 is 4.39 Å². The Labute approximate surface area is 118 Å². The predicted octanol–water partition coefficient (Wildman–Crippen LogP) is 4.45. The van der Waals surface area contributed by atoms with E-state index in [9.17, 15) is 4.39 Å². The van der Waals surface area contributed by atoms with Crippen molar-refractivity contribution in [3.05, 3.63) is 29.6 Å². The van der Waals surface area contributed by atoms with Crippen molar-refractivity contribution >= 4 is 22.6 Å². The highest BCUT2D eigenvalue weighted by Gasteiger charge is 2.26. The molecule has 0 spiro atoms. The number of nitrogens with zero attached hydrogens (tertiary/aromatic N) is 1. The summed E-state index contributed by atoms with van der Waals surface area (Å²) in [5, 5.41) is 4.74. The Morgan fingerprint density at radius 3 is 2.84 bits per heavy atom. The first kappa shape index (κ1) is 14.4. The summed E-state index contributed by atoms with van der Waals surface area (Å²) in [5.41, 5.74) is 1.47. The standard InChI is InChI=1S/C15H21FN2S/c1-4-11(5-2)14-9-17-15(19-14)18-13-8-6-7-12(16)10(13)3/h6-8,11,14H,4-5,9H2,1-3H3,(H,17,18). The third-order valence-corrected chi connectivity index (χ3v) is 5.05. The molecular formula is C15H21FN2S. The van der Waals surface area contributed by atoms with Crippen molar-refractivity contribution in [2.75, 3.05) is 11.9 Å². The lowest BCUT2D eigenvalue weighted by Crippen LogP contribution is -2.17. The quantitative estimate of drug-likeness (QED) is 0.881. The van der Waals surface area contributed by atoms with E-state index in [1.807, 2.05) is 6.07 Å². The van der Waals surface area contributed by atoms with Crippen molar-refractivity contribution in [1.82, 2.24) is 0 Å². The number of rotatable bonds is 4. The molecule has 0 fully saturated rings. The number of halogens is 1. The molecule has 0 saturated heterocycles. The van der Waals surface area contributed by atoms with Crippen LogP contribution in [0.25, 0.3) is 0 Å². The molecule has 1 aliphatic heterocycles. The average molecular weight is 280 g/mol. The van der Waals surface area contributed by atoms with Crippen molar-refractivity contribution in [3.63, 3.8) is 0 Å². The maximum atomic E-state index is 13.5. The van der Waals surface area contributed by atoms with Gasteiger partial charge in [0.05, 0.1) is 6.54 Å². The molecule has 0 radical (unpaired) electrons. The minimum absolute atomic E-state index is 0.176. The van der Waals surface area contributed by atoms with Crippen LogP contribution in [-0.2, 0) is 0 Å².